The molecule has 2 heterocycles. The highest BCUT2D eigenvalue weighted by atomic mass is 15.2. The number of hydrogen-bond acceptors (Lipinski definition) is 4. The number of fused-ring (bicyclic) bond motifs is 1. The van der Waals surface area contributed by atoms with Gasteiger partial charge in [0.1, 0.15) is 0 Å². The van der Waals surface area contributed by atoms with Crippen LogP contribution in [0.15, 0.2) is 30.5 Å². The minimum Gasteiger partial charge on any atom is -0.365 e. The van der Waals surface area contributed by atoms with Crippen LogP contribution in [0.5, 0.6) is 0 Å². The van der Waals surface area contributed by atoms with Crippen molar-refractivity contribution in [3.8, 4) is 0 Å². The smallest absolute Gasteiger partial charge is 0.0950 e. The molecule has 20 heavy (non-hydrogen) atoms. The van der Waals surface area contributed by atoms with E-state index < -0.39 is 0 Å². The summed E-state index contributed by atoms with van der Waals surface area (Å²) in [4.78, 5) is 2.52. The Kier molecular flexibility index (Phi) is 3.03. The van der Waals surface area contributed by atoms with Gasteiger partial charge in [-0.15, -0.1) is 0 Å². The van der Waals surface area contributed by atoms with Crippen LogP contribution in [0.3, 0.4) is 0 Å². The Hall–Kier alpha value is -1.68. The molecule has 1 saturated heterocycles. The highest BCUT2D eigenvalue weighted by molar-refractivity contribution is 5.91. The molecule has 1 aliphatic heterocycles. The number of anilines is 1. The van der Waals surface area contributed by atoms with Crippen molar-refractivity contribution in [3.05, 3.63) is 30.5 Å². The summed E-state index contributed by atoms with van der Waals surface area (Å²) >= 11 is 0. The van der Waals surface area contributed by atoms with E-state index in [9.17, 15) is 0 Å². The summed E-state index contributed by atoms with van der Waals surface area (Å²) in [6.45, 7) is 2.23. The van der Waals surface area contributed by atoms with Gasteiger partial charge in [0.2, 0.25) is 0 Å². The largest absolute Gasteiger partial charge is 0.365 e. The van der Waals surface area contributed by atoms with E-state index in [1.807, 2.05) is 18.3 Å². The van der Waals surface area contributed by atoms with E-state index in [4.69, 9.17) is 0 Å². The van der Waals surface area contributed by atoms with Gasteiger partial charge in [-0.25, -0.2) is 0 Å². The average Bonchev–Trinajstić information content (AvgIpc) is 3.21. The Bertz CT molecular complexity index is 603. The van der Waals surface area contributed by atoms with Gasteiger partial charge in [0.25, 0.3) is 0 Å². The van der Waals surface area contributed by atoms with Crippen molar-refractivity contribution in [2.45, 2.75) is 37.8 Å². The fraction of sp³-hybridized carbons (Fsp3) is 0.500. The lowest BCUT2D eigenvalue weighted by atomic mass is 10.1. The Morgan fingerprint density at radius 3 is 3.00 bits per heavy atom. The fourth-order valence-corrected chi connectivity index (χ4v) is 3.18. The average molecular weight is 268 g/mol. The molecule has 1 aromatic carbocycles. The zero-order valence-corrected chi connectivity index (χ0v) is 11.6. The first-order valence-electron chi connectivity index (χ1n) is 7.62. The lowest BCUT2D eigenvalue weighted by molar-refractivity contribution is 0.571. The van der Waals surface area contributed by atoms with Crippen molar-refractivity contribution in [1.82, 2.24) is 15.5 Å². The molecule has 0 spiro atoms. The number of nitrogens with zero attached hydrogens (tertiary/aromatic N) is 3. The van der Waals surface area contributed by atoms with Crippen molar-refractivity contribution in [1.29, 1.82) is 0 Å². The maximum Gasteiger partial charge on any atom is 0.0950 e. The van der Waals surface area contributed by atoms with Gasteiger partial charge in [-0.1, -0.05) is 18.2 Å². The lowest BCUT2D eigenvalue weighted by Crippen LogP contribution is -2.38. The van der Waals surface area contributed by atoms with Crippen molar-refractivity contribution in [3.63, 3.8) is 0 Å². The molecule has 1 aliphatic carbocycles. The van der Waals surface area contributed by atoms with Crippen LogP contribution in [-0.4, -0.2) is 35.4 Å². The second kappa shape index (κ2) is 5.02. The first-order chi connectivity index (χ1) is 9.92. The Morgan fingerprint density at radius 2 is 2.10 bits per heavy atom. The normalized spacial score (nSPS) is 22.6. The van der Waals surface area contributed by atoms with Gasteiger partial charge < -0.3 is 10.2 Å². The Balaban J connectivity index is 1.63. The summed E-state index contributed by atoms with van der Waals surface area (Å²) < 4.78 is 0. The number of nitrogens with one attached hydrogen (secondary N) is 1. The molecule has 4 nitrogen and oxygen atoms in total. The third-order valence-corrected chi connectivity index (χ3v) is 4.43. The van der Waals surface area contributed by atoms with Crippen LogP contribution < -0.4 is 10.2 Å². The molecule has 4 heteroatoms. The van der Waals surface area contributed by atoms with Crippen molar-refractivity contribution >= 4 is 16.6 Å². The van der Waals surface area contributed by atoms with E-state index >= 15 is 0 Å². The predicted molar refractivity (Wildman–Crippen MR) is 80.9 cm³/mol. The molecule has 104 valence electrons. The van der Waals surface area contributed by atoms with Gasteiger partial charge in [-0.3, -0.25) is 0 Å². The number of benzene rings is 1. The SMILES string of the molecule is c1ccc2c(N3CCCC3CNC3CC3)cnnc2c1. The van der Waals surface area contributed by atoms with Gasteiger partial charge >= 0.3 is 0 Å². The van der Waals surface area contributed by atoms with Crippen molar-refractivity contribution in [2.75, 3.05) is 18.0 Å². The van der Waals surface area contributed by atoms with E-state index in [0.717, 1.165) is 24.6 Å². The molecule has 4 rings (SSSR count). The van der Waals surface area contributed by atoms with Gasteiger partial charge in [0.05, 0.1) is 17.4 Å². The standard InChI is InChI=1S/C16H20N4/c1-2-6-15-14(5-1)16(11-18-19-15)20-9-3-4-13(20)10-17-12-7-8-12/h1-2,5-6,11-13,17H,3-4,7-10H2. The molecule has 2 aromatic rings. The summed E-state index contributed by atoms with van der Waals surface area (Å²) in [7, 11) is 0. The summed E-state index contributed by atoms with van der Waals surface area (Å²) in [5.41, 5.74) is 2.24. The van der Waals surface area contributed by atoms with Gasteiger partial charge in [0, 0.05) is 30.6 Å². The molecule has 2 aliphatic rings. The fourth-order valence-electron chi connectivity index (χ4n) is 3.18. The maximum atomic E-state index is 4.23. The minimum absolute atomic E-state index is 0.600. The molecular weight excluding hydrogens is 248 g/mol. The number of rotatable bonds is 4. The van der Waals surface area contributed by atoms with Crippen LogP contribution in [0.4, 0.5) is 5.69 Å². The molecule has 0 amide bonds. The topological polar surface area (TPSA) is 41.0 Å². The molecule has 1 saturated carbocycles. The molecular formula is C16H20N4. The summed E-state index contributed by atoms with van der Waals surface area (Å²) in [6, 6.07) is 9.69. The first-order valence-corrected chi connectivity index (χ1v) is 7.62. The highest BCUT2D eigenvalue weighted by Crippen LogP contribution is 2.30. The van der Waals surface area contributed by atoms with Crippen LogP contribution in [0.1, 0.15) is 25.7 Å². The molecule has 2 fully saturated rings. The molecule has 1 atom stereocenters. The number of hydrogen-bond donors (Lipinski definition) is 1. The second-order valence-electron chi connectivity index (χ2n) is 5.92. The van der Waals surface area contributed by atoms with E-state index in [1.165, 1.54) is 36.8 Å². The molecule has 1 unspecified atom stereocenters. The van der Waals surface area contributed by atoms with Gasteiger partial charge in [-0.2, -0.15) is 10.2 Å². The predicted octanol–water partition coefficient (Wildman–Crippen LogP) is 2.35. The van der Waals surface area contributed by atoms with Gasteiger partial charge in [0.15, 0.2) is 0 Å². The maximum absolute atomic E-state index is 4.23. The van der Waals surface area contributed by atoms with E-state index in [2.05, 4.69) is 32.5 Å². The highest BCUT2D eigenvalue weighted by Gasteiger charge is 2.28. The Labute approximate surface area is 119 Å². The summed E-state index contributed by atoms with van der Waals surface area (Å²) in [5, 5.41) is 13.3. The first kappa shape index (κ1) is 12.1. The zero-order chi connectivity index (χ0) is 13.4. The molecule has 1 aromatic heterocycles. The minimum atomic E-state index is 0.600. The summed E-state index contributed by atoms with van der Waals surface area (Å²) in [6.07, 6.45) is 7.18. The van der Waals surface area contributed by atoms with E-state index in [0.29, 0.717) is 6.04 Å². The van der Waals surface area contributed by atoms with Crippen LogP contribution in [0.2, 0.25) is 0 Å². The van der Waals surface area contributed by atoms with E-state index in [-0.39, 0.29) is 0 Å². The van der Waals surface area contributed by atoms with Crippen molar-refractivity contribution in [2.24, 2.45) is 0 Å². The third kappa shape index (κ3) is 2.24. The third-order valence-electron chi connectivity index (χ3n) is 4.43. The van der Waals surface area contributed by atoms with Crippen LogP contribution in [0.25, 0.3) is 10.9 Å². The lowest BCUT2D eigenvalue weighted by Gasteiger charge is -2.27. The van der Waals surface area contributed by atoms with Crippen molar-refractivity contribution < 1.29 is 0 Å². The van der Waals surface area contributed by atoms with Crippen LogP contribution in [-0.2, 0) is 0 Å². The van der Waals surface area contributed by atoms with E-state index in [1.54, 1.807) is 0 Å². The summed E-state index contributed by atoms with van der Waals surface area (Å²) in [5.74, 6) is 0. The Morgan fingerprint density at radius 1 is 1.20 bits per heavy atom. The molecule has 1 N–H and O–H groups in total. The van der Waals surface area contributed by atoms with Crippen LogP contribution in [0, 0.1) is 0 Å². The molecule has 0 bridgehead atoms. The van der Waals surface area contributed by atoms with Crippen LogP contribution >= 0.6 is 0 Å². The zero-order valence-electron chi connectivity index (χ0n) is 11.6. The second-order valence-corrected chi connectivity index (χ2v) is 5.92. The monoisotopic (exact) mass is 268 g/mol. The number of aromatic nitrogens is 2. The van der Waals surface area contributed by atoms with Gasteiger partial charge in [-0.05, 0) is 31.7 Å². The quantitative estimate of drug-likeness (QED) is 0.924. The molecule has 0 radical (unpaired) electrons.